The van der Waals surface area contributed by atoms with Crippen molar-refractivity contribution in [1.29, 1.82) is 0 Å². The topological polar surface area (TPSA) is 54.0 Å². The molecule has 3 aromatic rings. The smallest absolute Gasteiger partial charge is 0.231 e. The molecule has 2 aliphatic rings. The van der Waals surface area contributed by atoms with Gasteiger partial charge in [0.2, 0.25) is 5.78 Å². The molecule has 0 amide bonds. The van der Waals surface area contributed by atoms with E-state index in [4.69, 9.17) is 18.9 Å². The second-order valence-corrected chi connectivity index (χ2v) is 8.34. The number of Topliss-reactive ketones (excluding diaryl/α,β-unsaturated/α-hetero) is 1. The van der Waals surface area contributed by atoms with E-state index in [0.29, 0.717) is 36.0 Å². The Balaban J connectivity index is 1.36. The number of benzene rings is 3. The highest BCUT2D eigenvalue weighted by atomic mass is 79.9. The van der Waals surface area contributed by atoms with Gasteiger partial charge in [-0.3, -0.25) is 4.79 Å². The van der Waals surface area contributed by atoms with Crippen molar-refractivity contribution in [2.45, 2.75) is 13.2 Å². The summed E-state index contributed by atoms with van der Waals surface area (Å²) < 4.78 is 23.7. The van der Waals surface area contributed by atoms with Crippen molar-refractivity contribution in [1.82, 2.24) is 0 Å². The Morgan fingerprint density at radius 3 is 2.75 bits per heavy atom. The average Bonchev–Trinajstić information content (AvgIpc) is 3.12. The molecule has 0 aliphatic carbocycles. The van der Waals surface area contributed by atoms with Crippen LogP contribution >= 0.6 is 15.9 Å². The van der Waals surface area contributed by atoms with Gasteiger partial charge in [-0.2, -0.15) is 0 Å². The summed E-state index contributed by atoms with van der Waals surface area (Å²) >= 11 is 3.50. The Kier molecular flexibility index (Phi) is 5.55. The van der Waals surface area contributed by atoms with Gasteiger partial charge in [-0.05, 0) is 41.5 Å². The molecule has 2 heterocycles. The molecule has 5 nitrogen and oxygen atoms in total. The predicted octanol–water partition coefficient (Wildman–Crippen LogP) is 6.15. The minimum atomic E-state index is -0.174. The van der Waals surface area contributed by atoms with Crippen molar-refractivity contribution in [2.24, 2.45) is 0 Å². The van der Waals surface area contributed by atoms with E-state index < -0.39 is 0 Å². The molecule has 0 N–H and O–H groups in total. The Hall–Kier alpha value is -3.35. The number of ketones is 1. The van der Waals surface area contributed by atoms with Crippen LogP contribution in [0.4, 0.5) is 0 Å². The third-order valence-electron chi connectivity index (χ3n) is 5.25. The van der Waals surface area contributed by atoms with Crippen LogP contribution in [-0.2, 0) is 18.0 Å². The fourth-order valence-electron chi connectivity index (χ4n) is 3.63. The van der Waals surface area contributed by atoms with Crippen LogP contribution in [-0.4, -0.2) is 12.6 Å². The highest BCUT2D eigenvalue weighted by Crippen LogP contribution is 2.38. The molecule has 3 aromatic carbocycles. The summed E-state index contributed by atoms with van der Waals surface area (Å²) in [7, 11) is 0. The molecular formula is C26H19BrO5. The van der Waals surface area contributed by atoms with Gasteiger partial charge in [0, 0.05) is 21.7 Å². The van der Waals surface area contributed by atoms with Gasteiger partial charge in [-0.1, -0.05) is 52.9 Å². The van der Waals surface area contributed by atoms with Crippen molar-refractivity contribution >= 4 is 33.9 Å². The second-order valence-electron chi connectivity index (χ2n) is 7.43. The molecule has 0 saturated heterocycles. The molecule has 5 rings (SSSR count). The van der Waals surface area contributed by atoms with Crippen LogP contribution in [0.1, 0.15) is 32.6 Å². The van der Waals surface area contributed by atoms with E-state index in [2.05, 4.69) is 22.5 Å². The number of halogens is 1. The van der Waals surface area contributed by atoms with Gasteiger partial charge in [-0.25, -0.2) is 0 Å². The molecule has 0 aromatic heterocycles. The lowest BCUT2D eigenvalue weighted by molar-refractivity contribution is -0.0165. The first kappa shape index (κ1) is 20.5. The first-order chi connectivity index (χ1) is 15.6. The fourth-order valence-corrected chi connectivity index (χ4v) is 4.15. The third kappa shape index (κ3) is 4.07. The lowest BCUT2D eigenvalue weighted by Gasteiger charge is -2.20. The summed E-state index contributed by atoms with van der Waals surface area (Å²) in [5.41, 5.74) is 4.27. The second kappa shape index (κ2) is 8.65. The van der Waals surface area contributed by atoms with Gasteiger partial charge in [0.25, 0.3) is 0 Å². The first-order valence-electron chi connectivity index (χ1n) is 10.1. The van der Waals surface area contributed by atoms with E-state index in [1.165, 1.54) is 0 Å². The quantitative estimate of drug-likeness (QED) is 0.401. The van der Waals surface area contributed by atoms with Gasteiger partial charge in [-0.15, -0.1) is 0 Å². The van der Waals surface area contributed by atoms with E-state index in [0.717, 1.165) is 26.7 Å². The lowest BCUT2D eigenvalue weighted by atomic mass is 10.1. The van der Waals surface area contributed by atoms with E-state index in [1.807, 2.05) is 36.4 Å². The highest BCUT2D eigenvalue weighted by molar-refractivity contribution is 9.10. The average molecular weight is 491 g/mol. The van der Waals surface area contributed by atoms with Crippen molar-refractivity contribution < 1.29 is 23.7 Å². The number of ether oxygens (including phenoxy) is 4. The Morgan fingerprint density at radius 2 is 1.94 bits per heavy atom. The maximum Gasteiger partial charge on any atom is 0.231 e. The minimum absolute atomic E-state index is 0.174. The van der Waals surface area contributed by atoms with E-state index >= 15 is 0 Å². The number of carbonyl (C=O) groups excluding carboxylic acids is 1. The summed E-state index contributed by atoms with van der Waals surface area (Å²) in [5.74, 6) is 1.88. The Labute approximate surface area is 194 Å². The van der Waals surface area contributed by atoms with Crippen LogP contribution in [0.3, 0.4) is 0 Å². The third-order valence-corrected chi connectivity index (χ3v) is 5.71. The normalized spacial score (nSPS) is 15.5. The monoisotopic (exact) mass is 490 g/mol. The summed E-state index contributed by atoms with van der Waals surface area (Å²) in [4.78, 5) is 12.9. The molecule has 0 spiro atoms. The van der Waals surface area contributed by atoms with Crippen LogP contribution in [0.15, 0.2) is 71.4 Å². The number of rotatable bonds is 5. The molecule has 0 unspecified atom stereocenters. The van der Waals surface area contributed by atoms with Crippen molar-refractivity contribution in [3.63, 3.8) is 0 Å². The van der Waals surface area contributed by atoms with Gasteiger partial charge >= 0.3 is 0 Å². The van der Waals surface area contributed by atoms with Crippen molar-refractivity contribution in [3.8, 4) is 17.2 Å². The molecule has 0 atom stereocenters. The fraction of sp³-hybridized carbons (Fsp3) is 0.115. The van der Waals surface area contributed by atoms with E-state index in [1.54, 1.807) is 30.4 Å². The number of allylic oxidation sites excluding steroid dienone is 1. The van der Waals surface area contributed by atoms with E-state index in [-0.39, 0.29) is 18.3 Å². The standard InChI is InChI=1S/C26H19BrO5/c1-2-16-3-5-17(6-4-16)13-30-21-7-8-22-23(12-21)32-24(25(22)28)11-18-9-20(27)10-19-14-29-15-31-26(18)19/h2-12H,1,13-15H2/b24-11-. The highest BCUT2D eigenvalue weighted by Gasteiger charge is 2.28. The predicted molar refractivity (Wildman–Crippen MR) is 125 cm³/mol. The molecule has 160 valence electrons. The molecule has 2 aliphatic heterocycles. The maximum absolute atomic E-state index is 12.9. The van der Waals surface area contributed by atoms with Crippen LogP contribution in [0.5, 0.6) is 17.2 Å². The SMILES string of the molecule is C=Cc1ccc(COc2ccc3c(c2)O/C(=C\c2cc(Br)cc4c2OCOC4)C3=O)cc1. The van der Waals surface area contributed by atoms with Gasteiger partial charge in [0.05, 0.1) is 12.2 Å². The molecule has 6 heteroatoms. The zero-order chi connectivity index (χ0) is 22.1. The maximum atomic E-state index is 12.9. The number of hydrogen-bond donors (Lipinski definition) is 0. The van der Waals surface area contributed by atoms with Crippen LogP contribution < -0.4 is 14.2 Å². The molecule has 0 radical (unpaired) electrons. The van der Waals surface area contributed by atoms with Crippen LogP contribution in [0.2, 0.25) is 0 Å². The minimum Gasteiger partial charge on any atom is -0.489 e. The van der Waals surface area contributed by atoms with Gasteiger partial charge < -0.3 is 18.9 Å². The lowest BCUT2D eigenvalue weighted by Crippen LogP contribution is -2.12. The first-order valence-corrected chi connectivity index (χ1v) is 10.9. The summed E-state index contributed by atoms with van der Waals surface area (Å²) in [5, 5.41) is 0. The zero-order valence-electron chi connectivity index (χ0n) is 17.1. The number of fused-ring (bicyclic) bond motifs is 2. The molecule has 0 bridgehead atoms. The molecule has 0 saturated carbocycles. The molecular weight excluding hydrogens is 472 g/mol. The van der Waals surface area contributed by atoms with E-state index in [9.17, 15) is 4.79 Å². The summed E-state index contributed by atoms with van der Waals surface area (Å²) in [6.45, 7) is 4.81. The number of hydrogen-bond acceptors (Lipinski definition) is 5. The van der Waals surface area contributed by atoms with Crippen LogP contribution in [0.25, 0.3) is 12.2 Å². The summed E-state index contributed by atoms with van der Waals surface area (Å²) in [6.07, 6.45) is 3.51. The number of carbonyl (C=O) groups is 1. The molecule has 0 fully saturated rings. The Bertz CT molecular complexity index is 1240. The summed E-state index contributed by atoms with van der Waals surface area (Å²) in [6, 6.07) is 17.1. The largest absolute Gasteiger partial charge is 0.489 e. The van der Waals surface area contributed by atoms with Crippen molar-refractivity contribution in [3.05, 3.63) is 99.2 Å². The Morgan fingerprint density at radius 1 is 1.09 bits per heavy atom. The van der Waals surface area contributed by atoms with Gasteiger partial charge in [0.15, 0.2) is 12.6 Å². The van der Waals surface area contributed by atoms with Gasteiger partial charge in [0.1, 0.15) is 23.9 Å². The zero-order valence-corrected chi connectivity index (χ0v) is 18.7. The van der Waals surface area contributed by atoms with Crippen LogP contribution in [0, 0.1) is 0 Å². The van der Waals surface area contributed by atoms with Crippen molar-refractivity contribution in [2.75, 3.05) is 6.79 Å². The molecule has 32 heavy (non-hydrogen) atoms.